The molecule has 28 heavy (non-hydrogen) atoms. The van der Waals surface area contributed by atoms with Crippen LogP contribution in [0.25, 0.3) is 0 Å². The fraction of sp³-hybridized carbons (Fsp3) is 0.500. The molecule has 0 heterocycles. The Morgan fingerprint density at radius 2 is 1.89 bits per heavy atom. The number of nitrogens with one attached hydrogen (secondary N) is 2. The lowest BCUT2D eigenvalue weighted by Gasteiger charge is -2.21. The van der Waals surface area contributed by atoms with Crippen LogP contribution in [0, 0.1) is 6.92 Å². The number of amides is 3. The van der Waals surface area contributed by atoms with E-state index in [0.717, 1.165) is 18.4 Å². The highest BCUT2D eigenvalue weighted by atomic mass is 16.5. The van der Waals surface area contributed by atoms with Crippen LogP contribution < -0.4 is 10.6 Å². The first-order valence-electron chi connectivity index (χ1n) is 9.38. The Morgan fingerprint density at radius 1 is 1.14 bits per heavy atom. The maximum atomic E-state index is 12.4. The number of carbonyl (C=O) groups excluding carboxylic acids is 4. The number of ether oxygens (including phenoxy) is 1. The van der Waals surface area contributed by atoms with Gasteiger partial charge in [-0.3, -0.25) is 19.2 Å². The number of carbonyl (C=O) groups is 4. The molecule has 1 aliphatic rings. The van der Waals surface area contributed by atoms with Crippen LogP contribution in [0.2, 0.25) is 0 Å². The van der Waals surface area contributed by atoms with E-state index in [1.807, 2.05) is 25.1 Å². The maximum absolute atomic E-state index is 12.4. The quantitative estimate of drug-likeness (QED) is 0.588. The fourth-order valence-corrected chi connectivity index (χ4v) is 2.75. The normalized spacial score (nSPS) is 12.8. The van der Waals surface area contributed by atoms with E-state index in [4.69, 9.17) is 0 Å². The molecule has 0 bridgehead atoms. The van der Waals surface area contributed by atoms with Gasteiger partial charge in [0.05, 0.1) is 20.2 Å². The van der Waals surface area contributed by atoms with Gasteiger partial charge in [-0.25, -0.2) is 0 Å². The van der Waals surface area contributed by atoms with Crippen LogP contribution in [0.1, 0.15) is 37.7 Å². The lowest BCUT2D eigenvalue weighted by atomic mass is 10.2. The zero-order valence-corrected chi connectivity index (χ0v) is 16.3. The number of hydrogen-bond acceptors (Lipinski definition) is 5. The van der Waals surface area contributed by atoms with Gasteiger partial charge >= 0.3 is 5.97 Å². The van der Waals surface area contributed by atoms with Gasteiger partial charge in [0, 0.05) is 24.6 Å². The zero-order valence-electron chi connectivity index (χ0n) is 16.3. The number of anilines is 1. The SMILES string of the molecule is COC(=O)CCCC(=O)N(CC(=O)NCC(=O)Nc1cccc(C)c1)C1CC1. The van der Waals surface area contributed by atoms with Crippen LogP contribution in [-0.2, 0) is 23.9 Å². The molecule has 0 atom stereocenters. The lowest BCUT2D eigenvalue weighted by molar-refractivity contribution is -0.141. The van der Waals surface area contributed by atoms with E-state index in [0.29, 0.717) is 12.1 Å². The molecule has 1 aromatic carbocycles. The van der Waals surface area contributed by atoms with Crippen molar-refractivity contribution >= 4 is 29.4 Å². The lowest BCUT2D eigenvalue weighted by Crippen LogP contribution is -2.43. The molecule has 0 aliphatic heterocycles. The second-order valence-electron chi connectivity index (χ2n) is 6.88. The van der Waals surface area contributed by atoms with Crippen LogP contribution in [-0.4, -0.2) is 54.8 Å². The molecular formula is C20H27N3O5. The molecule has 1 aromatic rings. The molecule has 2 rings (SSSR count). The topological polar surface area (TPSA) is 105 Å². The molecule has 0 aromatic heterocycles. The Balaban J connectivity index is 1.75. The molecular weight excluding hydrogens is 362 g/mol. The minimum absolute atomic E-state index is 0.0671. The highest BCUT2D eigenvalue weighted by molar-refractivity contribution is 5.95. The summed E-state index contributed by atoms with van der Waals surface area (Å²) < 4.78 is 4.55. The van der Waals surface area contributed by atoms with Crippen molar-refractivity contribution < 1.29 is 23.9 Å². The van der Waals surface area contributed by atoms with Gasteiger partial charge in [-0.1, -0.05) is 12.1 Å². The number of methoxy groups -OCH3 is 1. The number of hydrogen-bond donors (Lipinski definition) is 2. The average Bonchev–Trinajstić information content (AvgIpc) is 3.49. The third-order valence-corrected chi connectivity index (χ3v) is 4.37. The third-order valence-electron chi connectivity index (χ3n) is 4.37. The van der Waals surface area contributed by atoms with Crippen LogP contribution in [0.4, 0.5) is 5.69 Å². The number of aryl methyl sites for hydroxylation is 1. The second kappa shape index (κ2) is 10.4. The molecule has 8 heteroatoms. The Bertz CT molecular complexity index is 730. The van der Waals surface area contributed by atoms with E-state index in [1.54, 1.807) is 6.07 Å². The van der Waals surface area contributed by atoms with E-state index in [1.165, 1.54) is 12.0 Å². The molecule has 0 radical (unpaired) electrons. The summed E-state index contributed by atoms with van der Waals surface area (Å²) in [6.45, 7) is 1.67. The van der Waals surface area contributed by atoms with Crippen molar-refractivity contribution in [3.63, 3.8) is 0 Å². The molecule has 152 valence electrons. The van der Waals surface area contributed by atoms with Crippen molar-refractivity contribution in [2.45, 2.75) is 45.1 Å². The maximum Gasteiger partial charge on any atom is 0.305 e. The van der Waals surface area contributed by atoms with Crippen molar-refractivity contribution in [3.8, 4) is 0 Å². The molecule has 0 saturated heterocycles. The van der Waals surface area contributed by atoms with Gasteiger partial charge in [0.2, 0.25) is 17.7 Å². The van der Waals surface area contributed by atoms with Crippen LogP contribution in [0.5, 0.6) is 0 Å². The first-order valence-corrected chi connectivity index (χ1v) is 9.38. The van der Waals surface area contributed by atoms with Crippen molar-refractivity contribution in [1.29, 1.82) is 0 Å². The standard InChI is InChI=1S/C20H27N3O5/c1-14-5-3-6-15(11-14)22-17(24)12-21-18(25)13-23(16-9-10-16)19(26)7-4-8-20(27)28-2/h3,5-6,11,16H,4,7-10,12-13H2,1-2H3,(H,21,25)(H,22,24). The summed E-state index contributed by atoms with van der Waals surface area (Å²) in [5.41, 5.74) is 1.69. The summed E-state index contributed by atoms with van der Waals surface area (Å²) in [4.78, 5) is 49.2. The number of esters is 1. The highest BCUT2D eigenvalue weighted by Crippen LogP contribution is 2.27. The fourth-order valence-electron chi connectivity index (χ4n) is 2.75. The Morgan fingerprint density at radius 3 is 2.54 bits per heavy atom. The number of nitrogens with zero attached hydrogens (tertiary/aromatic N) is 1. The molecule has 1 aliphatic carbocycles. The first-order chi connectivity index (χ1) is 13.4. The largest absolute Gasteiger partial charge is 0.469 e. The van der Waals surface area contributed by atoms with Gasteiger partial charge in [0.1, 0.15) is 0 Å². The van der Waals surface area contributed by atoms with Gasteiger partial charge < -0.3 is 20.3 Å². The predicted octanol–water partition coefficient (Wildman–Crippen LogP) is 1.38. The second-order valence-corrected chi connectivity index (χ2v) is 6.88. The molecule has 2 N–H and O–H groups in total. The van der Waals surface area contributed by atoms with Crippen LogP contribution in [0.3, 0.4) is 0 Å². The third kappa shape index (κ3) is 7.38. The van der Waals surface area contributed by atoms with E-state index in [9.17, 15) is 19.2 Å². The van der Waals surface area contributed by atoms with Crippen molar-refractivity contribution in [2.24, 2.45) is 0 Å². The number of rotatable bonds is 10. The predicted molar refractivity (Wildman–Crippen MR) is 103 cm³/mol. The Hall–Kier alpha value is -2.90. The zero-order chi connectivity index (χ0) is 20.5. The van der Waals surface area contributed by atoms with Gasteiger partial charge in [0.15, 0.2) is 0 Å². The smallest absolute Gasteiger partial charge is 0.305 e. The summed E-state index contributed by atoms with van der Waals surface area (Å²) in [6.07, 6.45) is 2.47. The summed E-state index contributed by atoms with van der Waals surface area (Å²) in [5.74, 6) is -1.23. The molecule has 1 saturated carbocycles. The van der Waals surface area contributed by atoms with Gasteiger partial charge in [-0.15, -0.1) is 0 Å². The minimum atomic E-state index is -0.382. The average molecular weight is 389 g/mol. The summed E-state index contributed by atoms with van der Waals surface area (Å²) in [7, 11) is 1.31. The summed E-state index contributed by atoms with van der Waals surface area (Å²) >= 11 is 0. The van der Waals surface area contributed by atoms with Crippen LogP contribution >= 0.6 is 0 Å². The molecule has 8 nitrogen and oxygen atoms in total. The van der Waals surface area contributed by atoms with Crippen molar-refractivity contribution in [3.05, 3.63) is 29.8 Å². The van der Waals surface area contributed by atoms with Gasteiger partial charge in [-0.2, -0.15) is 0 Å². The first kappa shape index (κ1) is 21.4. The number of benzene rings is 1. The van der Waals surface area contributed by atoms with Crippen molar-refractivity contribution in [2.75, 3.05) is 25.5 Å². The van der Waals surface area contributed by atoms with Crippen molar-refractivity contribution in [1.82, 2.24) is 10.2 Å². The van der Waals surface area contributed by atoms with E-state index < -0.39 is 0 Å². The summed E-state index contributed by atoms with van der Waals surface area (Å²) in [5, 5.41) is 5.27. The molecule has 3 amide bonds. The van der Waals surface area contributed by atoms with E-state index in [2.05, 4.69) is 15.4 Å². The van der Waals surface area contributed by atoms with Gasteiger partial charge in [-0.05, 0) is 43.9 Å². The Labute approximate surface area is 164 Å². The molecule has 0 unspecified atom stereocenters. The van der Waals surface area contributed by atoms with Crippen LogP contribution in [0.15, 0.2) is 24.3 Å². The summed E-state index contributed by atoms with van der Waals surface area (Å²) in [6, 6.07) is 7.43. The monoisotopic (exact) mass is 389 g/mol. The molecule has 1 fully saturated rings. The van der Waals surface area contributed by atoms with Gasteiger partial charge in [0.25, 0.3) is 0 Å². The minimum Gasteiger partial charge on any atom is -0.469 e. The highest BCUT2D eigenvalue weighted by Gasteiger charge is 2.33. The van der Waals surface area contributed by atoms with E-state index in [-0.39, 0.29) is 55.7 Å². The molecule has 0 spiro atoms. The Kier molecular flexibility index (Phi) is 7.98. The van der Waals surface area contributed by atoms with E-state index >= 15 is 0 Å².